The molecule has 0 saturated heterocycles. The van der Waals surface area contributed by atoms with E-state index in [-0.39, 0.29) is 15.5 Å². The molecule has 7 heteroatoms. The molecule has 0 atom stereocenters. The number of halogens is 1. The zero-order valence-electron chi connectivity index (χ0n) is 12.7. The first kappa shape index (κ1) is 16.4. The third-order valence-electron chi connectivity index (χ3n) is 3.49. The van der Waals surface area contributed by atoms with Crippen molar-refractivity contribution in [3.63, 3.8) is 0 Å². The van der Waals surface area contributed by atoms with Crippen LogP contribution in [0.4, 0.5) is 5.69 Å². The Labute approximate surface area is 144 Å². The van der Waals surface area contributed by atoms with Crippen LogP contribution in [-0.2, 0) is 9.84 Å². The summed E-state index contributed by atoms with van der Waals surface area (Å²) in [6.07, 6.45) is 2.71. The number of amides is 1. The van der Waals surface area contributed by atoms with E-state index < -0.39 is 15.7 Å². The number of sulfone groups is 1. The van der Waals surface area contributed by atoms with Crippen LogP contribution in [0.3, 0.4) is 0 Å². The number of anilines is 1. The molecule has 0 aliphatic heterocycles. The van der Waals surface area contributed by atoms with Gasteiger partial charge in [0.1, 0.15) is 0 Å². The van der Waals surface area contributed by atoms with E-state index in [9.17, 15) is 13.2 Å². The molecule has 0 saturated carbocycles. The zero-order valence-corrected chi connectivity index (χ0v) is 14.2. The van der Waals surface area contributed by atoms with Crippen molar-refractivity contribution in [2.75, 3.05) is 11.6 Å². The van der Waals surface area contributed by atoms with Gasteiger partial charge in [0.25, 0.3) is 5.91 Å². The number of aromatic nitrogens is 1. The summed E-state index contributed by atoms with van der Waals surface area (Å²) in [7, 11) is -3.43. The molecule has 3 aromatic rings. The normalized spacial score (nSPS) is 11.4. The van der Waals surface area contributed by atoms with Crippen molar-refractivity contribution in [3.8, 4) is 0 Å². The molecule has 0 spiro atoms. The number of nitrogens with zero attached hydrogens (tertiary/aromatic N) is 1. The number of pyridine rings is 1. The van der Waals surface area contributed by atoms with E-state index in [0.29, 0.717) is 11.2 Å². The summed E-state index contributed by atoms with van der Waals surface area (Å²) in [5.41, 5.74) is 1.26. The van der Waals surface area contributed by atoms with Gasteiger partial charge in [-0.3, -0.25) is 9.78 Å². The summed E-state index contributed by atoms with van der Waals surface area (Å²) in [5.74, 6) is -0.497. The lowest BCUT2D eigenvalue weighted by atomic mass is 10.1. The fraction of sp³-hybridized carbons (Fsp3) is 0.0588. The minimum atomic E-state index is -3.43. The number of fused-ring (bicyclic) bond motifs is 1. The second kappa shape index (κ2) is 6.22. The van der Waals surface area contributed by atoms with Crippen molar-refractivity contribution in [3.05, 3.63) is 65.3 Å². The van der Waals surface area contributed by atoms with Gasteiger partial charge in [-0.05, 0) is 30.3 Å². The molecule has 1 amide bonds. The summed E-state index contributed by atoms with van der Waals surface area (Å²) in [6, 6.07) is 13.1. The molecule has 0 bridgehead atoms. The van der Waals surface area contributed by atoms with E-state index in [1.54, 1.807) is 24.4 Å². The first-order valence-electron chi connectivity index (χ1n) is 7.01. The highest BCUT2D eigenvalue weighted by Crippen LogP contribution is 2.24. The van der Waals surface area contributed by atoms with Gasteiger partial charge in [0.15, 0.2) is 9.84 Å². The second-order valence-corrected chi connectivity index (χ2v) is 7.67. The Balaban J connectivity index is 2.01. The number of carbonyl (C=O) groups excluding carboxylic acids is 1. The van der Waals surface area contributed by atoms with Crippen LogP contribution in [0, 0.1) is 0 Å². The van der Waals surface area contributed by atoms with E-state index >= 15 is 0 Å². The van der Waals surface area contributed by atoms with Crippen LogP contribution in [0.1, 0.15) is 10.4 Å². The van der Waals surface area contributed by atoms with Gasteiger partial charge < -0.3 is 5.32 Å². The standard InChI is InChI=1S/C17H13ClN2O3S/c1-24(22,23)12-7-8-14(18)13(10-12)17(21)20-15-6-2-4-11-5-3-9-19-16(11)15/h2-10H,1H3,(H,20,21). The van der Waals surface area contributed by atoms with Gasteiger partial charge in [-0.1, -0.05) is 29.8 Å². The van der Waals surface area contributed by atoms with Gasteiger partial charge in [0.2, 0.25) is 0 Å². The fourth-order valence-corrected chi connectivity index (χ4v) is 3.15. The van der Waals surface area contributed by atoms with Crippen molar-refractivity contribution in [1.82, 2.24) is 4.98 Å². The van der Waals surface area contributed by atoms with Gasteiger partial charge in [-0.15, -0.1) is 0 Å². The predicted molar refractivity (Wildman–Crippen MR) is 94.3 cm³/mol. The van der Waals surface area contributed by atoms with E-state index in [1.807, 2.05) is 12.1 Å². The van der Waals surface area contributed by atoms with Gasteiger partial charge in [-0.25, -0.2) is 8.42 Å². The summed E-state index contributed by atoms with van der Waals surface area (Å²) in [6.45, 7) is 0. The summed E-state index contributed by atoms with van der Waals surface area (Å²) in [4.78, 5) is 16.8. The summed E-state index contributed by atoms with van der Waals surface area (Å²) >= 11 is 6.05. The van der Waals surface area contributed by atoms with Crippen molar-refractivity contribution in [2.45, 2.75) is 4.90 Å². The number of nitrogens with one attached hydrogen (secondary N) is 1. The number of carbonyl (C=O) groups is 1. The molecule has 1 N–H and O–H groups in total. The SMILES string of the molecule is CS(=O)(=O)c1ccc(Cl)c(C(=O)Nc2cccc3cccnc23)c1. The number of hydrogen-bond acceptors (Lipinski definition) is 4. The minimum absolute atomic E-state index is 0.0353. The maximum Gasteiger partial charge on any atom is 0.257 e. The molecule has 2 aromatic carbocycles. The lowest BCUT2D eigenvalue weighted by Gasteiger charge is -2.10. The smallest absolute Gasteiger partial charge is 0.257 e. The van der Waals surface area contributed by atoms with Crippen LogP contribution in [0.2, 0.25) is 5.02 Å². The van der Waals surface area contributed by atoms with Crippen LogP contribution in [-0.4, -0.2) is 25.6 Å². The lowest BCUT2D eigenvalue weighted by Crippen LogP contribution is -2.14. The average molecular weight is 361 g/mol. The van der Waals surface area contributed by atoms with Crippen molar-refractivity contribution >= 4 is 43.9 Å². The minimum Gasteiger partial charge on any atom is -0.320 e. The van der Waals surface area contributed by atoms with Crippen LogP contribution in [0.5, 0.6) is 0 Å². The largest absolute Gasteiger partial charge is 0.320 e. The summed E-state index contributed by atoms with van der Waals surface area (Å²) < 4.78 is 23.3. The second-order valence-electron chi connectivity index (χ2n) is 5.25. The number of benzene rings is 2. The number of rotatable bonds is 3. The van der Waals surface area contributed by atoms with Gasteiger partial charge >= 0.3 is 0 Å². The number of para-hydroxylation sites is 1. The molecule has 0 aliphatic carbocycles. The monoisotopic (exact) mass is 360 g/mol. The molecule has 0 fully saturated rings. The third kappa shape index (κ3) is 3.25. The van der Waals surface area contributed by atoms with Crippen LogP contribution in [0.15, 0.2) is 59.6 Å². The van der Waals surface area contributed by atoms with E-state index in [0.717, 1.165) is 11.6 Å². The molecule has 3 rings (SSSR count). The quantitative estimate of drug-likeness (QED) is 0.775. The van der Waals surface area contributed by atoms with Crippen LogP contribution in [0.25, 0.3) is 10.9 Å². The van der Waals surface area contributed by atoms with E-state index in [1.165, 1.54) is 18.2 Å². The zero-order chi connectivity index (χ0) is 17.3. The first-order chi connectivity index (χ1) is 11.4. The molecule has 0 radical (unpaired) electrons. The molecule has 1 aromatic heterocycles. The molecule has 0 unspecified atom stereocenters. The van der Waals surface area contributed by atoms with E-state index in [4.69, 9.17) is 11.6 Å². The molecule has 122 valence electrons. The lowest BCUT2D eigenvalue weighted by molar-refractivity contribution is 0.102. The maximum atomic E-state index is 12.5. The molecular formula is C17H13ClN2O3S. The van der Waals surface area contributed by atoms with Gasteiger partial charge in [0.05, 0.1) is 26.7 Å². The number of hydrogen-bond donors (Lipinski definition) is 1. The average Bonchev–Trinajstić information content (AvgIpc) is 2.54. The molecule has 1 heterocycles. The highest BCUT2D eigenvalue weighted by Gasteiger charge is 2.16. The van der Waals surface area contributed by atoms with E-state index in [2.05, 4.69) is 10.3 Å². The summed E-state index contributed by atoms with van der Waals surface area (Å²) in [5, 5.41) is 3.79. The van der Waals surface area contributed by atoms with Crippen molar-refractivity contribution < 1.29 is 13.2 Å². The topological polar surface area (TPSA) is 76.1 Å². The Morgan fingerprint density at radius 2 is 1.88 bits per heavy atom. The molecule has 5 nitrogen and oxygen atoms in total. The highest BCUT2D eigenvalue weighted by molar-refractivity contribution is 7.90. The first-order valence-corrected chi connectivity index (χ1v) is 9.28. The molecule has 0 aliphatic rings. The third-order valence-corrected chi connectivity index (χ3v) is 4.93. The Hall–Kier alpha value is -2.44. The van der Waals surface area contributed by atoms with Crippen molar-refractivity contribution in [1.29, 1.82) is 0 Å². The maximum absolute atomic E-state index is 12.5. The van der Waals surface area contributed by atoms with Crippen LogP contribution >= 0.6 is 11.6 Å². The van der Waals surface area contributed by atoms with Gasteiger partial charge in [-0.2, -0.15) is 0 Å². The highest BCUT2D eigenvalue weighted by atomic mass is 35.5. The Kier molecular flexibility index (Phi) is 4.26. The molecule has 24 heavy (non-hydrogen) atoms. The molecular weight excluding hydrogens is 348 g/mol. The Morgan fingerprint density at radius 1 is 1.12 bits per heavy atom. The Bertz CT molecular complexity index is 1040. The Morgan fingerprint density at radius 3 is 2.62 bits per heavy atom. The fourth-order valence-electron chi connectivity index (χ4n) is 2.30. The predicted octanol–water partition coefficient (Wildman–Crippen LogP) is 3.54. The van der Waals surface area contributed by atoms with Crippen LogP contribution < -0.4 is 5.32 Å². The van der Waals surface area contributed by atoms with Gasteiger partial charge in [0, 0.05) is 17.8 Å². The van der Waals surface area contributed by atoms with Crippen molar-refractivity contribution in [2.24, 2.45) is 0 Å².